The monoisotopic (exact) mass is 360 g/mol. The highest BCUT2D eigenvalue weighted by Gasteiger charge is 2.18. The largest absolute Gasteiger partial charge is 0.347 e. The zero-order valence-electron chi connectivity index (χ0n) is 16.1. The number of rotatable bonds is 3. The van der Waals surface area contributed by atoms with Crippen molar-refractivity contribution < 1.29 is 9.59 Å². The van der Waals surface area contributed by atoms with Gasteiger partial charge in [0.15, 0.2) is 0 Å². The minimum absolute atomic E-state index is 0.117. The number of nitrogens with zero attached hydrogens (tertiary/aromatic N) is 1. The van der Waals surface area contributed by atoms with Crippen LogP contribution in [-0.4, -0.2) is 24.4 Å². The zero-order valence-corrected chi connectivity index (χ0v) is 16.1. The fourth-order valence-corrected chi connectivity index (χ4v) is 2.98. The Labute approximate surface area is 159 Å². The Bertz CT molecular complexity index is 980. The number of benzene rings is 3. The minimum atomic E-state index is -0.305. The lowest BCUT2D eigenvalue weighted by molar-refractivity contribution is 0.0917. The Kier molecular flexibility index (Phi) is 5.00. The van der Waals surface area contributed by atoms with Gasteiger partial charge in [-0.3, -0.25) is 9.59 Å². The number of carbonyl (C=O) groups is 2. The van der Waals surface area contributed by atoms with Crippen molar-refractivity contribution in [2.24, 2.45) is 0 Å². The molecular weight excluding hydrogens is 336 g/mol. The molecule has 0 unspecified atom stereocenters. The Morgan fingerprint density at radius 1 is 0.815 bits per heavy atom. The molecule has 27 heavy (non-hydrogen) atoms. The van der Waals surface area contributed by atoms with E-state index < -0.39 is 0 Å². The first kappa shape index (κ1) is 18.6. The number of hydrogen-bond acceptors (Lipinski definition) is 2. The van der Waals surface area contributed by atoms with Crippen LogP contribution in [0.3, 0.4) is 0 Å². The first-order valence-corrected chi connectivity index (χ1v) is 8.95. The lowest BCUT2D eigenvalue weighted by Gasteiger charge is -2.21. The van der Waals surface area contributed by atoms with Crippen molar-refractivity contribution in [3.63, 3.8) is 0 Å². The fourth-order valence-electron chi connectivity index (χ4n) is 2.98. The summed E-state index contributed by atoms with van der Waals surface area (Å²) in [4.78, 5) is 26.8. The van der Waals surface area contributed by atoms with Crippen molar-refractivity contribution >= 4 is 28.3 Å². The maximum absolute atomic E-state index is 12.9. The lowest BCUT2D eigenvalue weighted by atomic mass is 10.1. The molecule has 0 spiro atoms. The summed E-state index contributed by atoms with van der Waals surface area (Å²) < 4.78 is 0. The number of carbonyl (C=O) groups excluding carboxylic acids is 2. The third kappa shape index (κ3) is 4.17. The number of hydrogen-bond donors (Lipinski definition) is 1. The third-order valence-electron chi connectivity index (χ3n) is 4.32. The smallest absolute Gasteiger partial charge is 0.258 e. The molecule has 1 N–H and O–H groups in total. The Balaban J connectivity index is 1.84. The molecule has 2 amide bonds. The molecule has 3 aromatic carbocycles. The summed E-state index contributed by atoms with van der Waals surface area (Å²) in [5.74, 6) is -0.266. The average Bonchev–Trinajstić information content (AvgIpc) is 2.65. The van der Waals surface area contributed by atoms with E-state index in [1.165, 1.54) is 0 Å². The van der Waals surface area contributed by atoms with Gasteiger partial charge in [0.25, 0.3) is 11.8 Å². The Hall–Kier alpha value is -3.14. The molecule has 0 saturated carbocycles. The predicted octanol–water partition coefficient (Wildman–Crippen LogP) is 4.64. The van der Waals surface area contributed by atoms with E-state index in [9.17, 15) is 9.59 Å². The molecule has 0 aliphatic carbocycles. The van der Waals surface area contributed by atoms with E-state index in [1.807, 2.05) is 63.2 Å². The SMILES string of the molecule is CN(C(=O)c1ccc(C(=O)NC(C)(C)C)cc1)c1cccc2ccccc12. The van der Waals surface area contributed by atoms with Gasteiger partial charge in [0, 0.05) is 29.1 Å². The van der Waals surface area contributed by atoms with Gasteiger partial charge in [-0.25, -0.2) is 0 Å². The summed E-state index contributed by atoms with van der Waals surface area (Å²) in [6, 6.07) is 20.7. The van der Waals surface area contributed by atoms with Crippen LogP contribution in [0.25, 0.3) is 10.8 Å². The van der Waals surface area contributed by atoms with Crippen molar-refractivity contribution in [2.75, 3.05) is 11.9 Å². The summed E-state index contributed by atoms with van der Waals surface area (Å²) >= 11 is 0. The number of nitrogens with one attached hydrogen (secondary N) is 1. The second-order valence-electron chi connectivity index (χ2n) is 7.64. The molecule has 3 aromatic rings. The van der Waals surface area contributed by atoms with Gasteiger partial charge in [-0.1, -0.05) is 36.4 Å². The third-order valence-corrected chi connectivity index (χ3v) is 4.32. The number of anilines is 1. The Morgan fingerprint density at radius 2 is 1.41 bits per heavy atom. The summed E-state index contributed by atoms with van der Waals surface area (Å²) in [7, 11) is 1.77. The van der Waals surface area contributed by atoms with Crippen LogP contribution < -0.4 is 10.2 Å². The number of fused-ring (bicyclic) bond motifs is 1. The van der Waals surface area contributed by atoms with Gasteiger partial charge < -0.3 is 10.2 Å². The molecular formula is C23H24N2O2. The minimum Gasteiger partial charge on any atom is -0.347 e. The lowest BCUT2D eigenvalue weighted by Crippen LogP contribution is -2.40. The van der Waals surface area contributed by atoms with Crippen LogP contribution >= 0.6 is 0 Å². The second-order valence-corrected chi connectivity index (χ2v) is 7.64. The molecule has 0 atom stereocenters. The topological polar surface area (TPSA) is 49.4 Å². The first-order chi connectivity index (χ1) is 12.8. The van der Waals surface area contributed by atoms with E-state index >= 15 is 0 Å². The van der Waals surface area contributed by atoms with Crippen LogP contribution in [-0.2, 0) is 0 Å². The van der Waals surface area contributed by atoms with Crippen LogP contribution in [0.4, 0.5) is 5.69 Å². The standard InChI is InChI=1S/C23H24N2O2/c1-23(2,3)24-21(26)17-12-14-18(15-13-17)22(27)25(4)20-11-7-9-16-8-5-6-10-19(16)20/h5-15H,1-4H3,(H,24,26). The molecule has 0 radical (unpaired) electrons. The van der Waals surface area contributed by atoms with Crippen molar-refractivity contribution in [1.29, 1.82) is 0 Å². The first-order valence-electron chi connectivity index (χ1n) is 8.95. The van der Waals surface area contributed by atoms with Crippen LogP contribution in [0.1, 0.15) is 41.5 Å². The van der Waals surface area contributed by atoms with Gasteiger partial charge in [-0.15, -0.1) is 0 Å². The highest BCUT2D eigenvalue weighted by Crippen LogP contribution is 2.27. The maximum Gasteiger partial charge on any atom is 0.258 e. The highest BCUT2D eigenvalue weighted by molar-refractivity contribution is 6.10. The quantitative estimate of drug-likeness (QED) is 0.739. The van der Waals surface area contributed by atoms with Gasteiger partial charge in [-0.05, 0) is 56.5 Å². The second kappa shape index (κ2) is 7.23. The molecule has 0 saturated heterocycles. The predicted molar refractivity (Wildman–Crippen MR) is 110 cm³/mol. The zero-order chi connectivity index (χ0) is 19.6. The van der Waals surface area contributed by atoms with Gasteiger partial charge in [0.1, 0.15) is 0 Å². The molecule has 3 rings (SSSR count). The van der Waals surface area contributed by atoms with Crippen LogP contribution in [0, 0.1) is 0 Å². The van der Waals surface area contributed by atoms with Gasteiger partial charge in [-0.2, -0.15) is 0 Å². The van der Waals surface area contributed by atoms with Crippen LogP contribution in [0.5, 0.6) is 0 Å². The summed E-state index contributed by atoms with van der Waals surface area (Å²) in [5.41, 5.74) is 1.62. The van der Waals surface area contributed by atoms with E-state index in [4.69, 9.17) is 0 Å². The van der Waals surface area contributed by atoms with E-state index in [0.717, 1.165) is 16.5 Å². The summed E-state index contributed by atoms with van der Waals surface area (Å²) in [5, 5.41) is 5.03. The molecule has 4 heteroatoms. The molecule has 0 fully saturated rings. The molecule has 0 bridgehead atoms. The molecule has 0 aliphatic rings. The molecule has 138 valence electrons. The van der Waals surface area contributed by atoms with Crippen molar-refractivity contribution in [2.45, 2.75) is 26.3 Å². The maximum atomic E-state index is 12.9. The molecule has 0 aromatic heterocycles. The molecule has 0 heterocycles. The average molecular weight is 360 g/mol. The number of amides is 2. The van der Waals surface area contributed by atoms with E-state index in [-0.39, 0.29) is 17.4 Å². The van der Waals surface area contributed by atoms with Crippen LogP contribution in [0.2, 0.25) is 0 Å². The molecule has 4 nitrogen and oxygen atoms in total. The van der Waals surface area contributed by atoms with E-state index in [2.05, 4.69) is 5.32 Å². The van der Waals surface area contributed by atoms with Crippen molar-refractivity contribution in [3.8, 4) is 0 Å². The summed E-state index contributed by atoms with van der Waals surface area (Å²) in [6.07, 6.45) is 0. The fraction of sp³-hybridized carbons (Fsp3) is 0.217. The van der Waals surface area contributed by atoms with Crippen molar-refractivity contribution in [1.82, 2.24) is 5.32 Å². The molecule has 0 aliphatic heterocycles. The van der Waals surface area contributed by atoms with E-state index in [1.54, 1.807) is 36.2 Å². The van der Waals surface area contributed by atoms with Gasteiger partial charge in [0.05, 0.1) is 5.69 Å². The van der Waals surface area contributed by atoms with Gasteiger partial charge >= 0.3 is 0 Å². The van der Waals surface area contributed by atoms with Crippen LogP contribution in [0.15, 0.2) is 66.7 Å². The normalized spacial score (nSPS) is 11.3. The highest BCUT2D eigenvalue weighted by atomic mass is 16.2. The van der Waals surface area contributed by atoms with Gasteiger partial charge in [0.2, 0.25) is 0 Å². The van der Waals surface area contributed by atoms with Crippen molar-refractivity contribution in [3.05, 3.63) is 77.9 Å². The van der Waals surface area contributed by atoms with E-state index in [0.29, 0.717) is 11.1 Å². The Morgan fingerprint density at radius 3 is 2.07 bits per heavy atom. The summed E-state index contributed by atoms with van der Waals surface area (Å²) in [6.45, 7) is 5.80.